The lowest BCUT2D eigenvalue weighted by molar-refractivity contribution is 0.194. The first kappa shape index (κ1) is 14.1. The molecule has 0 saturated heterocycles. The minimum absolute atomic E-state index is 0.277. The molecule has 0 saturated carbocycles. The third-order valence-corrected chi connectivity index (χ3v) is 4.23. The number of hydrogen-bond donors (Lipinski definition) is 1. The van der Waals surface area contributed by atoms with Gasteiger partial charge in [0.05, 0.1) is 11.8 Å². The molecular formula is C18H20FNO. The molecule has 2 aromatic rings. The Morgan fingerprint density at radius 1 is 1.14 bits per heavy atom. The van der Waals surface area contributed by atoms with Crippen LogP contribution in [0, 0.1) is 5.82 Å². The normalized spacial score (nSPS) is 19.2. The number of nitrogens with zero attached hydrogens (tertiary/aromatic N) is 1. The highest BCUT2D eigenvalue weighted by molar-refractivity contribution is 5.71. The quantitative estimate of drug-likeness (QED) is 0.886. The maximum atomic E-state index is 14.2. The molecular weight excluding hydrogens is 265 g/mol. The van der Waals surface area contributed by atoms with Crippen molar-refractivity contribution in [3.63, 3.8) is 0 Å². The smallest absolute Gasteiger partial charge is 0.131 e. The van der Waals surface area contributed by atoms with E-state index in [-0.39, 0.29) is 11.9 Å². The van der Waals surface area contributed by atoms with E-state index in [1.54, 1.807) is 13.0 Å². The van der Waals surface area contributed by atoms with E-state index in [2.05, 4.69) is 24.0 Å². The first-order valence-corrected chi connectivity index (χ1v) is 7.43. The molecule has 1 N–H and O–H groups in total. The van der Waals surface area contributed by atoms with Crippen molar-refractivity contribution in [1.29, 1.82) is 0 Å². The zero-order valence-electron chi connectivity index (χ0n) is 12.4. The van der Waals surface area contributed by atoms with Gasteiger partial charge in [-0.05, 0) is 50.5 Å². The highest BCUT2D eigenvalue weighted by atomic mass is 19.1. The van der Waals surface area contributed by atoms with Crippen LogP contribution in [0.25, 0.3) is 0 Å². The lowest BCUT2D eigenvalue weighted by atomic mass is 9.94. The van der Waals surface area contributed by atoms with Gasteiger partial charge in [-0.1, -0.05) is 24.3 Å². The van der Waals surface area contributed by atoms with E-state index in [1.807, 2.05) is 18.2 Å². The monoisotopic (exact) mass is 285 g/mol. The van der Waals surface area contributed by atoms with Crippen LogP contribution in [0.5, 0.6) is 0 Å². The molecule has 0 spiro atoms. The minimum Gasteiger partial charge on any atom is -0.389 e. The molecule has 1 aliphatic rings. The first-order valence-electron chi connectivity index (χ1n) is 7.43. The molecule has 3 rings (SSSR count). The topological polar surface area (TPSA) is 23.5 Å². The van der Waals surface area contributed by atoms with Crippen LogP contribution in [0.3, 0.4) is 0 Å². The second-order valence-electron chi connectivity index (χ2n) is 5.74. The Morgan fingerprint density at radius 2 is 1.86 bits per heavy atom. The van der Waals surface area contributed by atoms with Gasteiger partial charge in [-0.3, -0.25) is 0 Å². The molecule has 110 valence electrons. The Balaban J connectivity index is 2.19. The van der Waals surface area contributed by atoms with E-state index in [1.165, 1.54) is 11.6 Å². The summed E-state index contributed by atoms with van der Waals surface area (Å²) in [7, 11) is 0. The van der Waals surface area contributed by atoms with Gasteiger partial charge in [-0.2, -0.15) is 0 Å². The van der Waals surface area contributed by atoms with Crippen molar-refractivity contribution in [2.24, 2.45) is 0 Å². The molecule has 21 heavy (non-hydrogen) atoms. The Labute approximate surface area is 124 Å². The van der Waals surface area contributed by atoms with Gasteiger partial charge in [0.2, 0.25) is 0 Å². The van der Waals surface area contributed by atoms with E-state index in [9.17, 15) is 9.50 Å². The van der Waals surface area contributed by atoms with Crippen molar-refractivity contribution >= 4 is 11.4 Å². The van der Waals surface area contributed by atoms with E-state index in [4.69, 9.17) is 0 Å². The highest BCUT2D eigenvalue weighted by Crippen LogP contribution is 2.40. The zero-order chi connectivity index (χ0) is 15.0. The Kier molecular flexibility index (Phi) is 3.68. The van der Waals surface area contributed by atoms with Crippen molar-refractivity contribution in [2.45, 2.75) is 38.8 Å². The van der Waals surface area contributed by atoms with E-state index >= 15 is 0 Å². The first-order chi connectivity index (χ1) is 10.1. The Hall–Kier alpha value is -1.87. The number of hydrogen-bond acceptors (Lipinski definition) is 2. The maximum absolute atomic E-state index is 14.2. The number of anilines is 2. The van der Waals surface area contributed by atoms with Crippen molar-refractivity contribution in [2.75, 3.05) is 4.90 Å². The van der Waals surface area contributed by atoms with E-state index < -0.39 is 6.10 Å². The second-order valence-corrected chi connectivity index (χ2v) is 5.74. The van der Waals surface area contributed by atoms with Crippen molar-refractivity contribution in [3.05, 3.63) is 59.4 Å². The maximum Gasteiger partial charge on any atom is 0.131 e. The summed E-state index contributed by atoms with van der Waals surface area (Å²) in [6, 6.07) is 13.5. The van der Waals surface area contributed by atoms with Gasteiger partial charge in [-0.15, -0.1) is 0 Å². The van der Waals surface area contributed by atoms with Crippen LogP contribution in [0.1, 0.15) is 37.5 Å². The van der Waals surface area contributed by atoms with Crippen LogP contribution in [-0.4, -0.2) is 11.1 Å². The van der Waals surface area contributed by atoms with Crippen LogP contribution in [-0.2, 0) is 6.42 Å². The molecule has 2 nitrogen and oxygen atoms in total. The lowest BCUT2D eigenvalue weighted by Crippen LogP contribution is -2.34. The molecule has 1 aliphatic heterocycles. The highest BCUT2D eigenvalue weighted by Gasteiger charge is 2.27. The molecule has 0 bridgehead atoms. The molecule has 1 heterocycles. The fourth-order valence-electron chi connectivity index (χ4n) is 3.20. The van der Waals surface area contributed by atoms with Crippen molar-refractivity contribution < 1.29 is 9.50 Å². The van der Waals surface area contributed by atoms with Crippen LogP contribution >= 0.6 is 0 Å². The van der Waals surface area contributed by atoms with E-state index in [0.717, 1.165) is 24.2 Å². The number of fused-ring (bicyclic) bond motifs is 1. The van der Waals surface area contributed by atoms with Gasteiger partial charge in [0.1, 0.15) is 5.82 Å². The number of aliphatic hydroxyl groups is 1. The summed E-state index contributed by atoms with van der Waals surface area (Å²) in [5, 5.41) is 9.98. The molecule has 0 fully saturated rings. The van der Waals surface area contributed by atoms with Crippen LogP contribution in [0.15, 0.2) is 42.5 Å². The fraction of sp³-hybridized carbons (Fsp3) is 0.333. The van der Waals surface area contributed by atoms with Gasteiger partial charge < -0.3 is 10.0 Å². The molecule has 0 amide bonds. The van der Waals surface area contributed by atoms with E-state index in [0.29, 0.717) is 5.56 Å². The third kappa shape index (κ3) is 2.42. The second kappa shape index (κ2) is 5.49. The third-order valence-electron chi connectivity index (χ3n) is 4.23. The number of halogens is 1. The summed E-state index contributed by atoms with van der Waals surface area (Å²) in [6.45, 7) is 3.76. The van der Waals surface area contributed by atoms with Crippen LogP contribution in [0.2, 0.25) is 0 Å². The zero-order valence-corrected chi connectivity index (χ0v) is 12.4. The standard InChI is InChI=1S/C18H20FNO/c1-12-10-11-14-6-3-4-8-16(14)20(12)17-9-5-7-15(19)18(17)13(2)21/h3-9,12-13,21H,10-11H2,1-2H3/t12?,13-/m1/s1. The minimum atomic E-state index is -0.831. The summed E-state index contributed by atoms with van der Waals surface area (Å²) in [4.78, 5) is 2.16. The summed E-state index contributed by atoms with van der Waals surface area (Å²) >= 11 is 0. The van der Waals surface area contributed by atoms with Gasteiger partial charge in [-0.25, -0.2) is 4.39 Å². The summed E-state index contributed by atoms with van der Waals surface area (Å²) < 4.78 is 14.2. The van der Waals surface area contributed by atoms with Crippen LogP contribution < -0.4 is 4.90 Å². The molecule has 0 aliphatic carbocycles. The molecule has 0 radical (unpaired) electrons. The Bertz CT molecular complexity index is 653. The molecule has 0 aromatic heterocycles. The van der Waals surface area contributed by atoms with Gasteiger partial charge >= 0.3 is 0 Å². The number of aliphatic hydroxyl groups excluding tert-OH is 1. The van der Waals surface area contributed by atoms with Gasteiger partial charge in [0.25, 0.3) is 0 Å². The number of rotatable bonds is 2. The summed E-state index contributed by atoms with van der Waals surface area (Å²) in [5.41, 5.74) is 3.53. The average Bonchev–Trinajstić information content (AvgIpc) is 2.46. The van der Waals surface area contributed by atoms with Gasteiger partial charge in [0.15, 0.2) is 0 Å². The molecule has 2 atom stereocenters. The summed E-state index contributed by atoms with van der Waals surface area (Å²) in [6.07, 6.45) is 1.22. The number of para-hydroxylation sites is 1. The SMILES string of the molecule is CC1CCc2ccccc2N1c1cccc(F)c1[C@@H](C)O. The Morgan fingerprint density at radius 3 is 2.62 bits per heavy atom. The van der Waals surface area contributed by atoms with Crippen molar-refractivity contribution in [3.8, 4) is 0 Å². The van der Waals surface area contributed by atoms with Crippen LogP contribution in [0.4, 0.5) is 15.8 Å². The average molecular weight is 285 g/mol. The molecule has 3 heteroatoms. The lowest BCUT2D eigenvalue weighted by Gasteiger charge is -2.38. The fourth-order valence-corrected chi connectivity index (χ4v) is 3.20. The number of benzene rings is 2. The largest absolute Gasteiger partial charge is 0.389 e. The molecule has 1 unspecified atom stereocenters. The van der Waals surface area contributed by atoms with Crippen molar-refractivity contribution in [1.82, 2.24) is 0 Å². The summed E-state index contributed by atoms with van der Waals surface area (Å²) in [5.74, 6) is -0.349. The molecule has 2 aromatic carbocycles. The van der Waals surface area contributed by atoms with Gasteiger partial charge in [0, 0.05) is 17.3 Å². The predicted molar refractivity (Wildman–Crippen MR) is 83.4 cm³/mol. The number of aryl methyl sites for hydroxylation is 1. The predicted octanol–water partition coefficient (Wildman–Crippen LogP) is 4.35.